The number of rotatable bonds is 3. The third kappa shape index (κ3) is 1.65. The van der Waals surface area contributed by atoms with Gasteiger partial charge < -0.3 is 14.6 Å². The third-order valence-electron chi connectivity index (χ3n) is 3.01. The Labute approximate surface area is 100 Å². The lowest BCUT2D eigenvalue weighted by Gasteiger charge is -2.14. The average molecular weight is 229 g/mol. The standard InChI is InChI=1S/C13H15N3O/c1-2-14-13-15-7-8-16(13)11-9-17-12-6-4-3-5-10(11)12/h3-8,11H,2,9H2,1H3,(H,14,15). The summed E-state index contributed by atoms with van der Waals surface area (Å²) in [6.45, 7) is 3.61. The van der Waals surface area contributed by atoms with Gasteiger partial charge in [-0.1, -0.05) is 18.2 Å². The van der Waals surface area contributed by atoms with Crippen LogP contribution in [0.1, 0.15) is 18.5 Å². The van der Waals surface area contributed by atoms with Crippen molar-refractivity contribution in [1.29, 1.82) is 0 Å². The Morgan fingerprint density at radius 2 is 2.35 bits per heavy atom. The molecular weight excluding hydrogens is 214 g/mol. The van der Waals surface area contributed by atoms with Crippen molar-refractivity contribution in [2.24, 2.45) is 0 Å². The molecule has 1 unspecified atom stereocenters. The van der Waals surface area contributed by atoms with Crippen molar-refractivity contribution in [3.63, 3.8) is 0 Å². The molecule has 17 heavy (non-hydrogen) atoms. The highest BCUT2D eigenvalue weighted by atomic mass is 16.5. The van der Waals surface area contributed by atoms with Crippen LogP contribution >= 0.6 is 0 Å². The van der Waals surface area contributed by atoms with Crippen molar-refractivity contribution in [2.45, 2.75) is 13.0 Å². The van der Waals surface area contributed by atoms with E-state index < -0.39 is 0 Å². The fraction of sp³-hybridized carbons (Fsp3) is 0.308. The van der Waals surface area contributed by atoms with Gasteiger partial charge in [0.15, 0.2) is 0 Å². The molecule has 3 rings (SSSR count). The monoisotopic (exact) mass is 229 g/mol. The second-order valence-electron chi connectivity index (χ2n) is 4.05. The predicted molar refractivity (Wildman–Crippen MR) is 66.5 cm³/mol. The molecule has 0 saturated heterocycles. The summed E-state index contributed by atoms with van der Waals surface area (Å²) in [5.74, 6) is 1.88. The van der Waals surface area contributed by atoms with E-state index in [1.54, 1.807) is 0 Å². The van der Waals surface area contributed by atoms with Crippen molar-refractivity contribution in [1.82, 2.24) is 9.55 Å². The summed E-state index contributed by atoms with van der Waals surface area (Å²) in [7, 11) is 0. The van der Waals surface area contributed by atoms with E-state index in [0.29, 0.717) is 6.61 Å². The van der Waals surface area contributed by atoms with Crippen LogP contribution in [-0.4, -0.2) is 22.7 Å². The van der Waals surface area contributed by atoms with Gasteiger partial charge in [0.05, 0.1) is 6.04 Å². The highest BCUT2D eigenvalue weighted by Crippen LogP contribution is 2.35. The molecule has 1 atom stereocenters. The van der Waals surface area contributed by atoms with Gasteiger partial charge in [0.1, 0.15) is 12.4 Å². The second-order valence-corrected chi connectivity index (χ2v) is 4.05. The smallest absolute Gasteiger partial charge is 0.203 e. The highest BCUT2D eigenvalue weighted by molar-refractivity contribution is 5.42. The molecule has 2 aromatic rings. The van der Waals surface area contributed by atoms with Crippen molar-refractivity contribution < 1.29 is 4.74 Å². The minimum atomic E-state index is 0.225. The number of anilines is 1. The van der Waals surface area contributed by atoms with Crippen LogP contribution in [0, 0.1) is 0 Å². The van der Waals surface area contributed by atoms with E-state index in [4.69, 9.17) is 4.74 Å². The van der Waals surface area contributed by atoms with Gasteiger partial charge in [-0.25, -0.2) is 4.98 Å². The lowest BCUT2D eigenvalue weighted by Crippen LogP contribution is -2.15. The maximum Gasteiger partial charge on any atom is 0.203 e. The molecule has 4 heteroatoms. The van der Waals surface area contributed by atoms with E-state index >= 15 is 0 Å². The van der Waals surface area contributed by atoms with Crippen LogP contribution in [-0.2, 0) is 0 Å². The van der Waals surface area contributed by atoms with E-state index in [9.17, 15) is 0 Å². The molecule has 4 nitrogen and oxygen atoms in total. The second kappa shape index (κ2) is 4.13. The first-order valence-electron chi connectivity index (χ1n) is 5.88. The summed E-state index contributed by atoms with van der Waals surface area (Å²) in [4.78, 5) is 4.32. The number of hydrogen-bond donors (Lipinski definition) is 1. The van der Waals surface area contributed by atoms with Crippen molar-refractivity contribution in [2.75, 3.05) is 18.5 Å². The molecule has 1 aliphatic rings. The molecule has 2 heterocycles. The van der Waals surface area contributed by atoms with Gasteiger partial charge in [-0.15, -0.1) is 0 Å². The van der Waals surface area contributed by atoms with E-state index in [2.05, 4.69) is 27.9 Å². The molecule has 1 aliphatic heterocycles. The maximum atomic E-state index is 5.69. The first-order chi connectivity index (χ1) is 8.40. The highest BCUT2D eigenvalue weighted by Gasteiger charge is 2.26. The minimum Gasteiger partial charge on any atom is -0.491 e. The molecule has 1 aromatic heterocycles. The molecule has 0 aliphatic carbocycles. The van der Waals surface area contributed by atoms with Gasteiger partial charge >= 0.3 is 0 Å². The summed E-state index contributed by atoms with van der Waals surface area (Å²) in [6.07, 6.45) is 3.81. The van der Waals surface area contributed by atoms with E-state index in [1.807, 2.05) is 30.6 Å². The Kier molecular flexibility index (Phi) is 2.48. The number of fused-ring (bicyclic) bond motifs is 1. The van der Waals surface area contributed by atoms with Gasteiger partial charge in [0.25, 0.3) is 0 Å². The summed E-state index contributed by atoms with van der Waals surface area (Å²) in [5, 5.41) is 3.26. The summed E-state index contributed by atoms with van der Waals surface area (Å²) in [6, 6.07) is 8.40. The predicted octanol–water partition coefficient (Wildman–Crippen LogP) is 2.30. The molecule has 1 N–H and O–H groups in total. The quantitative estimate of drug-likeness (QED) is 0.877. The Bertz CT molecular complexity index is 521. The van der Waals surface area contributed by atoms with Crippen LogP contribution in [0.5, 0.6) is 5.75 Å². The summed E-state index contributed by atoms with van der Waals surface area (Å²) < 4.78 is 7.83. The van der Waals surface area contributed by atoms with Gasteiger partial charge in [-0.2, -0.15) is 0 Å². The van der Waals surface area contributed by atoms with Crippen LogP contribution < -0.4 is 10.1 Å². The molecule has 1 aromatic carbocycles. The molecule has 0 spiro atoms. The van der Waals surface area contributed by atoms with Crippen LogP contribution in [0.3, 0.4) is 0 Å². The number of ether oxygens (including phenoxy) is 1. The van der Waals surface area contributed by atoms with Crippen LogP contribution in [0.25, 0.3) is 0 Å². The van der Waals surface area contributed by atoms with Crippen molar-refractivity contribution in [3.8, 4) is 5.75 Å². The van der Waals surface area contributed by atoms with Crippen LogP contribution in [0.2, 0.25) is 0 Å². The number of hydrogen-bond acceptors (Lipinski definition) is 3. The first kappa shape index (κ1) is 10.2. The maximum absolute atomic E-state index is 5.69. The normalized spacial score (nSPS) is 17.6. The Morgan fingerprint density at radius 1 is 1.47 bits per heavy atom. The molecule has 0 fully saturated rings. The van der Waals surface area contributed by atoms with Crippen LogP contribution in [0.4, 0.5) is 5.95 Å². The molecule has 0 bridgehead atoms. The van der Waals surface area contributed by atoms with E-state index in [-0.39, 0.29) is 6.04 Å². The zero-order chi connectivity index (χ0) is 11.7. The molecular formula is C13H15N3O. The lowest BCUT2D eigenvalue weighted by atomic mass is 10.1. The first-order valence-corrected chi connectivity index (χ1v) is 5.88. The van der Waals surface area contributed by atoms with Gasteiger partial charge in [-0.3, -0.25) is 0 Å². The van der Waals surface area contributed by atoms with Gasteiger partial charge in [0.2, 0.25) is 5.95 Å². The zero-order valence-corrected chi connectivity index (χ0v) is 9.76. The Balaban J connectivity index is 1.98. The SMILES string of the molecule is CCNc1nccn1C1COc2ccccc21. The van der Waals surface area contributed by atoms with Gasteiger partial charge in [-0.05, 0) is 13.0 Å². The average Bonchev–Trinajstić information content (AvgIpc) is 2.95. The van der Waals surface area contributed by atoms with E-state index in [1.165, 1.54) is 5.56 Å². The molecule has 0 saturated carbocycles. The minimum absolute atomic E-state index is 0.225. The molecule has 0 radical (unpaired) electrons. The van der Waals surface area contributed by atoms with Crippen molar-refractivity contribution in [3.05, 3.63) is 42.2 Å². The van der Waals surface area contributed by atoms with E-state index in [0.717, 1.165) is 18.2 Å². The fourth-order valence-corrected chi connectivity index (χ4v) is 2.24. The number of imidazole rings is 1. The molecule has 88 valence electrons. The lowest BCUT2D eigenvalue weighted by molar-refractivity contribution is 0.317. The number of aromatic nitrogens is 2. The third-order valence-corrected chi connectivity index (χ3v) is 3.01. The fourth-order valence-electron chi connectivity index (χ4n) is 2.24. The number of para-hydroxylation sites is 1. The summed E-state index contributed by atoms with van der Waals surface area (Å²) >= 11 is 0. The van der Waals surface area contributed by atoms with Crippen LogP contribution in [0.15, 0.2) is 36.7 Å². The number of nitrogens with zero attached hydrogens (tertiary/aromatic N) is 2. The Morgan fingerprint density at radius 3 is 3.24 bits per heavy atom. The Hall–Kier alpha value is -1.97. The zero-order valence-electron chi connectivity index (χ0n) is 9.76. The summed E-state index contributed by atoms with van der Waals surface area (Å²) in [5.41, 5.74) is 1.23. The number of nitrogens with one attached hydrogen (secondary N) is 1. The topological polar surface area (TPSA) is 39.1 Å². The van der Waals surface area contributed by atoms with Crippen molar-refractivity contribution >= 4 is 5.95 Å². The largest absolute Gasteiger partial charge is 0.491 e. The number of benzene rings is 1. The van der Waals surface area contributed by atoms with Gasteiger partial charge in [0, 0.05) is 24.5 Å². The molecule has 0 amide bonds.